The van der Waals surface area contributed by atoms with E-state index in [4.69, 9.17) is 5.11 Å². The molecule has 1 aromatic heterocycles. The lowest BCUT2D eigenvalue weighted by Gasteiger charge is -2.07. The minimum atomic E-state index is -1.43. The summed E-state index contributed by atoms with van der Waals surface area (Å²) in [7, 11) is 0. The van der Waals surface area contributed by atoms with Gasteiger partial charge in [0.05, 0.1) is 17.3 Å². The molecule has 1 amide bonds. The molecule has 1 heterocycles. The number of nitro groups is 1. The normalized spacial score (nSPS) is 10.1. The van der Waals surface area contributed by atoms with Crippen LogP contribution in [0, 0.1) is 15.9 Å². The summed E-state index contributed by atoms with van der Waals surface area (Å²) in [6.07, 6.45) is 0. The zero-order valence-electron chi connectivity index (χ0n) is 10.2. The first-order valence-electron chi connectivity index (χ1n) is 5.47. The smallest absolute Gasteiger partial charge is 0.433 e. The molecule has 0 fully saturated rings. The first-order chi connectivity index (χ1) is 9.90. The summed E-state index contributed by atoms with van der Waals surface area (Å²) >= 11 is 0. The maximum atomic E-state index is 13.6. The van der Waals surface area contributed by atoms with Crippen LogP contribution in [0.15, 0.2) is 34.7 Å². The fourth-order valence-electron chi connectivity index (χ4n) is 1.55. The lowest BCUT2D eigenvalue weighted by atomic mass is 10.1. The SMILES string of the molecule is O=C(Nc1c(F)cccc1C(=O)O)c1ccc([N+](=O)[O-])o1. The largest absolute Gasteiger partial charge is 0.478 e. The molecule has 21 heavy (non-hydrogen) atoms. The molecule has 1 aromatic carbocycles. The molecule has 0 aliphatic heterocycles. The van der Waals surface area contributed by atoms with Crippen LogP contribution < -0.4 is 5.32 Å². The van der Waals surface area contributed by atoms with Gasteiger partial charge in [-0.1, -0.05) is 6.07 Å². The van der Waals surface area contributed by atoms with Crippen LogP contribution in [-0.4, -0.2) is 21.9 Å². The van der Waals surface area contributed by atoms with Crippen LogP contribution in [0.4, 0.5) is 16.0 Å². The number of amides is 1. The van der Waals surface area contributed by atoms with Crippen LogP contribution >= 0.6 is 0 Å². The number of hydrogen-bond acceptors (Lipinski definition) is 5. The molecule has 0 saturated heterocycles. The Balaban J connectivity index is 2.31. The quantitative estimate of drug-likeness (QED) is 0.658. The number of carbonyl (C=O) groups excluding carboxylic acids is 1. The maximum Gasteiger partial charge on any atom is 0.433 e. The highest BCUT2D eigenvalue weighted by atomic mass is 19.1. The first-order valence-corrected chi connectivity index (χ1v) is 5.47. The third kappa shape index (κ3) is 2.86. The summed E-state index contributed by atoms with van der Waals surface area (Å²) in [5.41, 5.74) is -1.00. The van der Waals surface area contributed by atoms with Gasteiger partial charge in [0.1, 0.15) is 10.7 Å². The van der Waals surface area contributed by atoms with Gasteiger partial charge in [-0.05, 0) is 18.2 Å². The third-order valence-corrected chi connectivity index (χ3v) is 2.48. The summed E-state index contributed by atoms with van der Waals surface area (Å²) in [6, 6.07) is 5.22. The number of nitrogens with one attached hydrogen (secondary N) is 1. The lowest BCUT2D eigenvalue weighted by molar-refractivity contribution is -0.402. The van der Waals surface area contributed by atoms with Crippen LogP contribution in [0.5, 0.6) is 0 Å². The van der Waals surface area contributed by atoms with Gasteiger partial charge >= 0.3 is 11.9 Å². The molecule has 9 heteroatoms. The molecular formula is C12H7FN2O6. The maximum absolute atomic E-state index is 13.6. The van der Waals surface area contributed by atoms with E-state index >= 15 is 0 Å². The average molecular weight is 294 g/mol. The van der Waals surface area contributed by atoms with E-state index in [1.807, 2.05) is 5.32 Å². The number of aromatic carboxylic acids is 1. The molecule has 0 spiro atoms. The van der Waals surface area contributed by atoms with Gasteiger partial charge in [0, 0.05) is 0 Å². The Morgan fingerprint density at radius 3 is 2.57 bits per heavy atom. The Bertz CT molecular complexity index is 739. The standard InChI is InChI=1S/C12H7FN2O6/c13-7-3-1-2-6(12(17)18)10(7)14-11(16)8-4-5-9(21-8)15(19)20/h1-5H,(H,14,16)(H,17,18). The molecule has 0 unspecified atom stereocenters. The van der Waals surface area contributed by atoms with E-state index in [2.05, 4.69) is 4.42 Å². The Morgan fingerprint density at radius 1 is 1.29 bits per heavy atom. The van der Waals surface area contributed by atoms with Crippen molar-refractivity contribution in [3.8, 4) is 0 Å². The summed E-state index contributed by atoms with van der Waals surface area (Å²) in [6.45, 7) is 0. The van der Waals surface area contributed by atoms with E-state index in [-0.39, 0.29) is 0 Å². The highest BCUT2D eigenvalue weighted by Crippen LogP contribution is 2.22. The average Bonchev–Trinajstić information content (AvgIpc) is 2.90. The minimum Gasteiger partial charge on any atom is -0.478 e. The van der Waals surface area contributed by atoms with Crippen molar-refractivity contribution in [2.45, 2.75) is 0 Å². The summed E-state index contributed by atoms with van der Waals surface area (Å²) in [4.78, 5) is 32.3. The number of rotatable bonds is 4. The Hall–Kier alpha value is -3.23. The van der Waals surface area contributed by atoms with E-state index < -0.39 is 45.5 Å². The van der Waals surface area contributed by atoms with Crippen molar-refractivity contribution in [3.63, 3.8) is 0 Å². The number of benzene rings is 1. The molecule has 0 radical (unpaired) electrons. The second-order valence-electron chi connectivity index (χ2n) is 3.82. The number of anilines is 1. The van der Waals surface area contributed by atoms with Gasteiger partial charge in [-0.3, -0.25) is 14.9 Å². The molecule has 108 valence electrons. The van der Waals surface area contributed by atoms with E-state index in [1.54, 1.807) is 0 Å². The van der Waals surface area contributed by atoms with Crippen molar-refractivity contribution in [2.75, 3.05) is 5.32 Å². The van der Waals surface area contributed by atoms with E-state index in [0.29, 0.717) is 0 Å². The molecule has 2 N–H and O–H groups in total. The molecule has 0 aliphatic rings. The first kappa shape index (κ1) is 14.2. The predicted molar refractivity (Wildman–Crippen MR) is 66.7 cm³/mol. The number of carboxylic acids is 1. The zero-order valence-corrected chi connectivity index (χ0v) is 10.2. The summed E-state index contributed by atoms with van der Waals surface area (Å²) in [5, 5.41) is 21.4. The van der Waals surface area contributed by atoms with Crippen LogP contribution in [-0.2, 0) is 0 Å². The number of halogens is 1. The van der Waals surface area contributed by atoms with Gasteiger partial charge < -0.3 is 14.8 Å². The van der Waals surface area contributed by atoms with Gasteiger partial charge in [0.25, 0.3) is 5.91 Å². The van der Waals surface area contributed by atoms with Gasteiger partial charge in [-0.25, -0.2) is 9.18 Å². The van der Waals surface area contributed by atoms with E-state index in [1.165, 1.54) is 6.07 Å². The van der Waals surface area contributed by atoms with Crippen molar-refractivity contribution in [1.29, 1.82) is 0 Å². The monoisotopic (exact) mass is 294 g/mol. The summed E-state index contributed by atoms with van der Waals surface area (Å²) in [5.74, 6) is -4.50. The van der Waals surface area contributed by atoms with E-state index in [0.717, 1.165) is 24.3 Å². The third-order valence-electron chi connectivity index (χ3n) is 2.48. The highest BCUT2D eigenvalue weighted by molar-refractivity contribution is 6.06. The number of furan rings is 1. The number of hydrogen-bond donors (Lipinski definition) is 2. The van der Waals surface area contributed by atoms with Crippen LogP contribution in [0.3, 0.4) is 0 Å². The van der Waals surface area contributed by atoms with Crippen LogP contribution in [0.1, 0.15) is 20.9 Å². The molecule has 8 nitrogen and oxygen atoms in total. The van der Waals surface area contributed by atoms with Crippen LogP contribution in [0.2, 0.25) is 0 Å². The van der Waals surface area contributed by atoms with Crippen molar-refractivity contribution in [2.24, 2.45) is 0 Å². The minimum absolute atomic E-state index is 0.443. The molecule has 2 rings (SSSR count). The second kappa shape index (κ2) is 5.41. The highest BCUT2D eigenvalue weighted by Gasteiger charge is 2.21. The number of carbonyl (C=O) groups is 2. The van der Waals surface area contributed by atoms with Crippen molar-refractivity contribution in [1.82, 2.24) is 0 Å². The van der Waals surface area contributed by atoms with Crippen molar-refractivity contribution in [3.05, 3.63) is 57.6 Å². The van der Waals surface area contributed by atoms with Gasteiger partial charge in [0.15, 0.2) is 5.76 Å². The van der Waals surface area contributed by atoms with Gasteiger partial charge in [0.2, 0.25) is 0 Å². The predicted octanol–water partition coefficient (Wildman–Crippen LogP) is 2.28. The molecule has 2 aromatic rings. The molecule has 0 aliphatic carbocycles. The van der Waals surface area contributed by atoms with Gasteiger partial charge in [-0.15, -0.1) is 0 Å². The molecular weight excluding hydrogens is 287 g/mol. The number of carboxylic acid groups (broad SMARTS) is 1. The summed E-state index contributed by atoms with van der Waals surface area (Å²) < 4.78 is 18.2. The van der Waals surface area contributed by atoms with Gasteiger partial charge in [-0.2, -0.15) is 0 Å². The molecule has 0 atom stereocenters. The fourth-order valence-corrected chi connectivity index (χ4v) is 1.55. The lowest BCUT2D eigenvalue weighted by Crippen LogP contribution is -2.15. The topological polar surface area (TPSA) is 123 Å². The van der Waals surface area contributed by atoms with Crippen molar-refractivity contribution >= 4 is 23.4 Å². The number of para-hydroxylation sites is 1. The van der Waals surface area contributed by atoms with Crippen LogP contribution in [0.25, 0.3) is 0 Å². The van der Waals surface area contributed by atoms with Crippen molar-refractivity contribution < 1.29 is 28.4 Å². The molecule has 0 saturated carbocycles. The Morgan fingerprint density at radius 2 is 2.00 bits per heavy atom. The Kier molecular flexibility index (Phi) is 3.65. The van der Waals surface area contributed by atoms with E-state index in [9.17, 15) is 24.1 Å². The number of nitrogens with zero attached hydrogens (tertiary/aromatic N) is 1. The fraction of sp³-hybridized carbons (Fsp3) is 0. The second-order valence-corrected chi connectivity index (χ2v) is 3.82. The molecule has 0 bridgehead atoms. The zero-order chi connectivity index (χ0) is 15.6. The Labute approximate surface area is 115 Å².